The predicted molar refractivity (Wildman–Crippen MR) is 49.2 cm³/mol. The van der Waals surface area contributed by atoms with Crippen molar-refractivity contribution in [2.75, 3.05) is 0 Å². The van der Waals surface area contributed by atoms with Gasteiger partial charge in [0, 0.05) is 11.6 Å². The molecule has 0 aliphatic heterocycles. The first kappa shape index (κ1) is 11.5. The number of nitro benzene ring substituents is 1. The molecule has 8 heteroatoms. The minimum atomic E-state index is -4.31. The Balaban J connectivity index is 3.70. The third kappa shape index (κ3) is 2.28. The number of aryl methyl sites for hydroxylation is 1. The molecule has 82 valence electrons. The summed E-state index contributed by atoms with van der Waals surface area (Å²) in [4.78, 5) is 8.84. The summed E-state index contributed by atoms with van der Waals surface area (Å²) in [6.45, 7) is 1.23. The lowest BCUT2D eigenvalue weighted by Gasteiger charge is -2.03. The highest BCUT2D eigenvalue weighted by Crippen LogP contribution is 2.27. The second-order valence-corrected chi connectivity index (χ2v) is 4.40. The molecule has 0 unspecified atom stereocenters. The van der Waals surface area contributed by atoms with Gasteiger partial charge < -0.3 is 0 Å². The second-order valence-electron chi connectivity index (χ2n) is 2.87. The van der Waals surface area contributed by atoms with E-state index in [1.807, 2.05) is 0 Å². The molecule has 0 amide bonds. The van der Waals surface area contributed by atoms with Gasteiger partial charge in [-0.05, 0) is 13.0 Å². The highest BCUT2D eigenvalue weighted by Gasteiger charge is 2.26. The summed E-state index contributed by atoms with van der Waals surface area (Å²) in [6, 6.07) is 1.40. The van der Waals surface area contributed by atoms with Crippen LogP contribution >= 0.6 is 0 Å². The van der Waals surface area contributed by atoms with Crippen molar-refractivity contribution in [1.82, 2.24) is 0 Å². The summed E-state index contributed by atoms with van der Waals surface area (Å²) < 4.78 is 34.8. The van der Waals surface area contributed by atoms with E-state index < -0.39 is 31.3 Å². The molecule has 0 saturated carbocycles. The van der Waals surface area contributed by atoms with Gasteiger partial charge in [-0.15, -0.1) is 0 Å². The molecule has 2 N–H and O–H groups in total. The first-order chi connectivity index (χ1) is 6.73. The fraction of sp³-hybridized carbons (Fsp3) is 0.143. The molecular weight excluding hydrogens is 227 g/mol. The molecule has 0 saturated heterocycles. The van der Waals surface area contributed by atoms with Gasteiger partial charge in [-0.2, -0.15) is 0 Å². The molecule has 0 aliphatic carbocycles. The van der Waals surface area contributed by atoms with Crippen LogP contribution in [0.5, 0.6) is 0 Å². The van der Waals surface area contributed by atoms with Crippen molar-refractivity contribution in [3.63, 3.8) is 0 Å². The largest absolute Gasteiger partial charge is 0.292 e. The van der Waals surface area contributed by atoms with Crippen molar-refractivity contribution >= 4 is 15.7 Å². The molecule has 0 atom stereocenters. The average Bonchev–Trinajstić information content (AvgIpc) is 1.99. The van der Waals surface area contributed by atoms with Crippen LogP contribution in [0.1, 0.15) is 5.56 Å². The summed E-state index contributed by atoms with van der Waals surface area (Å²) in [5.41, 5.74) is -0.789. The summed E-state index contributed by atoms with van der Waals surface area (Å²) in [5.74, 6) is -0.887. The molecule has 15 heavy (non-hydrogen) atoms. The van der Waals surface area contributed by atoms with Gasteiger partial charge in [-0.3, -0.25) is 10.1 Å². The van der Waals surface area contributed by atoms with Crippen LogP contribution in [0.4, 0.5) is 10.1 Å². The summed E-state index contributed by atoms with van der Waals surface area (Å²) in [5, 5.41) is 15.3. The van der Waals surface area contributed by atoms with Gasteiger partial charge in [0.2, 0.25) is 10.0 Å². The predicted octanol–water partition coefficient (Wildman–Crippen LogP) is 0.690. The molecule has 0 heterocycles. The zero-order valence-corrected chi connectivity index (χ0v) is 8.41. The van der Waals surface area contributed by atoms with Crippen LogP contribution in [0.25, 0.3) is 0 Å². The molecule has 0 radical (unpaired) electrons. The Bertz CT molecular complexity index is 526. The molecule has 1 aromatic rings. The third-order valence-electron chi connectivity index (χ3n) is 1.72. The Morgan fingerprint density at radius 3 is 2.40 bits per heavy atom. The fourth-order valence-electron chi connectivity index (χ4n) is 1.16. The molecule has 1 rings (SSSR count). The fourth-order valence-corrected chi connectivity index (χ4v) is 1.94. The van der Waals surface area contributed by atoms with E-state index in [0.717, 1.165) is 6.07 Å². The quantitative estimate of drug-likeness (QED) is 0.600. The lowest BCUT2D eigenvalue weighted by atomic mass is 10.2. The molecule has 0 fully saturated rings. The standard InChI is InChI=1S/C7H7FN2O4S/c1-4-2-5(8)3-6(15(9,13)14)7(4)10(11)12/h2-3H,1H3,(H2,9,13,14). The highest BCUT2D eigenvalue weighted by atomic mass is 32.2. The van der Waals surface area contributed by atoms with Crippen LogP contribution in [0.2, 0.25) is 0 Å². The maximum Gasteiger partial charge on any atom is 0.292 e. The van der Waals surface area contributed by atoms with E-state index in [-0.39, 0.29) is 5.56 Å². The van der Waals surface area contributed by atoms with Crippen LogP contribution in [0.15, 0.2) is 17.0 Å². The van der Waals surface area contributed by atoms with Crippen LogP contribution in [0.3, 0.4) is 0 Å². The number of nitrogens with two attached hydrogens (primary N) is 1. The maximum absolute atomic E-state index is 12.9. The van der Waals surface area contributed by atoms with E-state index in [1.54, 1.807) is 0 Å². The Labute approximate surface area is 84.7 Å². The van der Waals surface area contributed by atoms with Crippen LogP contribution in [-0.2, 0) is 10.0 Å². The Hall–Kier alpha value is -1.54. The monoisotopic (exact) mass is 234 g/mol. The molecule has 6 nitrogen and oxygen atoms in total. The van der Waals surface area contributed by atoms with E-state index >= 15 is 0 Å². The Morgan fingerprint density at radius 2 is 2.00 bits per heavy atom. The number of rotatable bonds is 2. The molecule has 0 spiro atoms. The van der Waals surface area contributed by atoms with Crippen LogP contribution < -0.4 is 5.14 Å². The number of hydrogen-bond acceptors (Lipinski definition) is 4. The van der Waals surface area contributed by atoms with E-state index in [9.17, 15) is 22.9 Å². The number of hydrogen-bond donors (Lipinski definition) is 1. The molecule has 0 aliphatic rings. The van der Waals surface area contributed by atoms with Gasteiger partial charge in [0.05, 0.1) is 4.92 Å². The van der Waals surface area contributed by atoms with Crippen molar-refractivity contribution in [1.29, 1.82) is 0 Å². The normalized spacial score (nSPS) is 11.4. The van der Waals surface area contributed by atoms with Crippen molar-refractivity contribution in [3.8, 4) is 0 Å². The first-order valence-electron chi connectivity index (χ1n) is 3.71. The van der Waals surface area contributed by atoms with Crippen LogP contribution in [-0.4, -0.2) is 13.3 Å². The van der Waals surface area contributed by atoms with Crippen molar-refractivity contribution in [3.05, 3.63) is 33.6 Å². The lowest BCUT2D eigenvalue weighted by Crippen LogP contribution is -2.15. The zero-order chi connectivity index (χ0) is 11.8. The van der Waals surface area contributed by atoms with Gasteiger partial charge in [-0.1, -0.05) is 0 Å². The SMILES string of the molecule is Cc1cc(F)cc(S(N)(=O)=O)c1[N+](=O)[O-]. The lowest BCUT2D eigenvalue weighted by molar-refractivity contribution is -0.388. The number of halogens is 1. The van der Waals surface area contributed by atoms with Crippen LogP contribution in [0, 0.1) is 22.9 Å². The van der Waals surface area contributed by atoms with E-state index in [0.29, 0.717) is 6.07 Å². The minimum Gasteiger partial charge on any atom is -0.258 e. The first-order valence-corrected chi connectivity index (χ1v) is 5.25. The summed E-state index contributed by atoms with van der Waals surface area (Å²) in [7, 11) is -4.31. The number of nitro groups is 1. The molecule has 1 aromatic carbocycles. The van der Waals surface area contributed by atoms with Crippen molar-refractivity contribution in [2.45, 2.75) is 11.8 Å². The minimum absolute atomic E-state index is 0.0935. The Morgan fingerprint density at radius 1 is 1.47 bits per heavy atom. The van der Waals surface area contributed by atoms with E-state index in [1.165, 1.54) is 6.92 Å². The number of nitrogens with zero attached hydrogens (tertiary/aromatic N) is 1. The van der Waals surface area contributed by atoms with Crippen molar-refractivity contribution < 1.29 is 17.7 Å². The zero-order valence-electron chi connectivity index (χ0n) is 7.60. The van der Waals surface area contributed by atoms with Gasteiger partial charge in [0.25, 0.3) is 5.69 Å². The number of benzene rings is 1. The average molecular weight is 234 g/mol. The maximum atomic E-state index is 12.9. The smallest absolute Gasteiger partial charge is 0.258 e. The molecule has 0 aromatic heterocycles. The summed E-state index contributed by atoms with van der Waals surface area (Å²) in [6.07, 6.45) is 0. The van der Waals surface area contributed by atoms with E-state index in [4.69, 9.17) is 5.14 Å². The van der Waals surface area contributed by atoms with Gasteiger partial charge in [0.15, 0.2) is 4.90 Å². The van der Waals surface area contributed by atoms with Crippen molar-refractivity contribution in [2.24, 2.45) is 5.14 Å². The Kier molecular flexibility index (Phi) is 2.73. The second kappa shape index (κ2) is 3.55. The van der Waals surface area contributed by atoms with E-state index in [2.05, 4.69) is 0 Å². The van der Waals surface area contributed by atoms with Gasteiger partial charge in [-0.25, -0.2) is 17.9 Å². The molecule has 0 bridgehead atoms. The summed E-state index contributed by atoms with van der Waals surface area (Å²) >= 11 is 0. The topological polar surface area (TPSA) is 103 Å². The van der Waals surface area contributed by atoms with Gasteiger partial charge in [0.1, 0.15) is 5.82 Å². The number of primary sulfonamides is 1. The third-order valence-corrected chi connectivity index (χ3v) is 2.64. The number of sulfonamides is 1. The van der Waals surface area contributed by atoms with Gasteiger partial charge >= 0.3 is 0 Å². The molecular formula is C7H7FN2O4S. The highest BCUT2D eigenvalue weighted by molar-refractivity contribution is 7.89.